The van der Waals surface area contributed by atoms with Crippen molar-refractivity contribution >= 4 is 28.1 Å². The lowest BCUT2D eigenvalue weighted by atomic mass is 10.0. The van der Waals surface area contributed by atoms with Gasteiger partial charge in [0.2, 0.25) is 5.82 Å². The minimum Gasteiger partial charge on any atom is -0.457 e. The highest BCUT2D eigenvalue weighted by Crippen LogP contribution is 2.23. The van der Waals surface area contributed by atoms with Crippen LogP contribution in [0, 0.1) is 0 Å². The van der Waals surface area contributed by atoms with Crippen molar-refractivity contribution in [3.8, 4) is 10.8 Å². The van der Waals surface area contributed by atoms with Crippen LogP contribution in [-0.2, 0) is 22.6 Å². The number of rotatable bonds is 5. The highest BCUT2D eigenvalue weighted by molar-refractivity contribution is 7.13. The van der Waals surface area contributed by atoms with Crippen molar-refractivity contribution in [1.29, 1.82) is 0 Å². The number of carbonyl (C=O) groups excluding carboxylic acids is 1. The van der Waals surface area contributed by atoms with Crippen molar-refractivity contribution in [3.05, 3.63) is 71.4 Å². The maximum atomic E-state index is 12.2. The number of benzene rings is 2. The smallest absolute Gasteiger partial charge is 0.310 e. The first kappa shape index (κ1) is 15.5. The van der Waals surface area contributed by atoms with Crippen molar-refractivity contribution in [2.24, 2.45) is 0 Å². The molecule has 0 saturated heterocycles. The monoisotopic (exact) mass is 350 g/mol. The molecular formula is C19H14N2O3S. The molecule has 25 heavy (non-hydrogen) atoms. The molecule has 5 nitrogen and oxygen atoms in total. The number of hydrogen-bond acceptors (Lipinski definition) is 6. The molecule has 0 atom stereocenters. The summed E-state index contributed by atoms with van der Waals surface area (Å²) in [5.74, 6) is 0.476. The standard InChI is InChI=1S/C19H14N2O3S/c22-18(11-14-7-3-6-13-5-1-2-8-15(13)14)23-12-17-20-19(24-21-17)16-9-4-10-25-16/h1-10H,11-12H2. The van der Waals surface area contributed by atoms with Crippen molar-refractivity contribution in [1.82, 2.24) is 10.1 Å². The Morgan fingerprint density at radius 2 is 1.96 bits per heavy atom. The Balaban J connectivity index is 1.41. The molecule has 0 radical (unpaired) electrons. The fourth-order valence-electron chi connectivity index (χ4n) is 2.61. The van der Waals surface area contributed by atoms with Crippen LogP contribution in [0.1, 0.15) is 11.4 Å². The normalized spacial score (nSPS) is 10.9. The number of fused-ring (bicyclic) bond motifs is 1. The van der Waals surface area contributed by atoms with Crippen LogP contribution in [-0.4, -0.2) is 16.1 Å². The lowest BCUT2D eigenvalue weighted by Gasteiger charge is -2.06. The van der Waals surface area contributed by atoms with E-state index in [0.717, 1.165) is 21.2 Å². The molecule has 4 rings (SSSR count). The van der Waals surface area contributed by atoms with Gasteiger partial charge in [0.1, 0.15) is 0 Å². The van der Waals surface area contributed by atoms with Crippen molar-refractivity contribution in [3.63, 3.8) is 0 Å². The summed E-state index contributed by atoms with van der Waals surface area (Å²) in [5.41, 5.74) is 0.940. The molecule has 0 fully saturated rings. The molecule has 124 valence electrons. The lowest BCUT2D eigenvalue weighted by molar-refractivity contribution is -0.144. The Bertz CT molecular complexity index is 1000. The molecule has 0 unspecified atom stereocenters. The fourth-order valence-corrected chi connectivity index (χ4v) is 3.26. The number of nitrogens with zero attached hydrogens (tertiary/aromatic N) is 2. The summed E-state index contributed by atoms with van der Waals surface area (Å²) in [6.07, 6.45) is 0.205. The summed E-state index contributed by atoms with van der Waals surface area (Å²) in [7, 11) is 0. The third-order valence-electron chi connectivity index (χ3n) is 3.78. The van der Waals surface area contributed by atoms with Gasteiger partial charge in [0.25, 0.3) is 5.89 Å². The first-order valence-corrected chi connectivity index (χ1v) is 8.66. The van der Waals surface area contributed by atoms with Gasteiger partial charge in [-0.2, -0.15) is 4.98 Å². The van der Waals surface area contributed by atoms with Gasteiger partial charge in [0.15, 0.2) is 6.61 Å². The number of carbonyl (C=O) groups is 1. The zero-order valence-corrected chi connectivity index (χ0v) is 14.0. The zero-order chi connectivity index (χ0) is 17.1. The molecule has 0 bridgehead atoms. The second-order valence-electron chi connectivity index (χ2n) is 5.47. The molecule has 4 aromatic rings. The van der Waals surface area contributed by atoms with Crippen molar-refractivity contribution < 1.29 is 14.1 Å². The van der Waals surface area contributed by atoms with E-state index in [0.29, 0.717) is 11.7 Å². The summed E-state index contributed by atoms with van der Waals surface area (Å²) in [5, 5.41) is 7.94. The third-order valence-corrected chi connectivity index (χ3v) is 4.63. The molecule has 0 spiro atoms. The van der Waals surface area contributed by atoms with Crippen LogP contribution < -0.4 is 0 Å². The van der Waals surface area contributed by atoms with Gasteiger partial charge < -0.3 is 9.26 Å². The Morgan fingerprint density at radius 3 is 2.84 bits per heavy atom. The van der Waals surface area contributed by atoms with E-state index in [4.69, 9.17) is 9.26 Å². The van der Waals surface area contributed by atoms with E-state index in [1.807, 2.05) is 60.0 Å². The van der Waals surface area contributed by atoms with Crippen LogP contribution in [0.25, 0.3) is 21.5 Å². The van der Waals surface area contributed by atoms with Gasteiger partial charge in [0.05, 0.1) is 11.3 Å². The summed E-state index contributed by atoms with van der Waals surface area (Å²) in [6.45, 7) is -0.00151. The van der Waals surface area contributed by atoms with Crippen LogP contribution in [0.3, 0.4) is 0 Å². The second kappa shape index (κ2) is 6.86. The summed E-state index contributed by atoms with van der Waals surface area (Å²) in [4.78, 5) is 17.3. The molecular weight excluding hydrogens is 336 g/mol. The highest BCUT2D eigenvalue weighted by atomic mass is 32.1. The second-order valence-corrected chi connectivity index (χ2v) is 6.42. The van der Waals surface area contributed by atoms with Crippen LogP contribution in [0.5, 0.6) is 0 Å². The van der Waals surface area contributed by atoms with Crippen LogP contribution in [0.15, 0.2) is 64.5 Å². The average molecular weight is 350 g/mol. The van der Waals surface area contributed by atoms with Crippen molar-refractivity contribution in [2.45, 2.75) is 13.0 Å². The maximum absolute atomic E-state index is 12.2. The number of ether oxygens (including phenoxy) is 1. The Hall–Kier alpha value is -2.99. The molecule has 2 heterocycles. The van der Waals surface area contributed by atoms with E-state index in [9.17, 15) is 4.79 Å². The first-order valence-electron chi connectivity index (χ1n) is 7.78. The quantitative estimate of drug-likeness (QED) is 0.504. The molecule has 0 aliphatic rings. The molecule has 6 heteroatoms. The van der Waals surface area contributed by atoms with Gasteiger partial charge in [-0.3, -0.25) is 4.79 Å². The lowest BCUT2D eigenvalue weighted by Crippen LogP contribution is -2.09. The maximum Gasteiger partial charge on any atom is 0.310 e. The molecule has 0 N–H and O–H groups in total. The summed E-state index contributed by atoms with van der Waals surface area (Å²) in [6, 6.07) is 17.7. The highest BCUT2D eigenvalue weighted by Gasteiger charge is 2.13. The van der Waals surface area contributed by atoms with E-state index in [1.165, 1.54) is 11.3 Å². The molecule has 0 aliphatic carbocycles. The predicted molar refractivity (Wildman–Crippen MR) is 95.1 cm³/mol. The number of thiophene rings is 1. The van der Waals surface area contributed by atoms with E-state index >= 15 is 0 Å². The van der Waals surface area contributed by atoms with Crippen LogP contribution in [0.4, 0.5) is 0 Å². The molecule has 0 saturated carbocycles. The molecule has 0 amide bonds. The Kier molecular flexibility index (Phi) is 4.26. The summed E-state index contributed by atoms with van der Waals surface area (Å²) < 4.78 is 10.5. The first-order chi connectivity index (χ1) is 12.3. The van der Waals surface area contributed by atoms with Gasteiger partial charge in [-0.15, -0.1) is 11.3 Å². The fraction of sp³-hybridized carbons (Fsp3) is 0.105. The average Bonchev–Trinajstić information content (AvgIpc) is 3.32. The number of hydrogen-bond donors (Lipinski definition) is 0. The van der Waals surface area contributed by atoms with Gasteiger partial charge in [0, 0.05) is 0 Å². The van der Waals surface area contributed by atoms with E-state index in [2.05, 4.69) is 10.1 Å². The van der Waals surface area contributed by atoms with Crippen LogP contribution in [0.2, 0.25) is 0 Å². The molecule has 2 aromatic carbocycles. The third kappa shape index (κ3) is 3.44. The van der Waals surface area contributed by atoms with Gasteiger partial charge >= 0.3 is 5.97 Å². The van der Waals surface area contributed by atoms with E-state index < -0.39 is 0 Å². The Labute approximate surface area is 147 Å². The molecule has 2 aromatic heterocycles. The van der Waals surface area contributed by atoms with Gasteiger partial charge in [-0.05, 0) is 27.8 Å². The van der Waals surface area contributed by atoms with E-state index in [-0.39, 0.29) is 19.0 Å². The SMILES string of the molecule is O=C(Cc1cccc2ccccc12)OCc1noc(-c2cccs2)n1. The minimum absolute atomic E-state index is 0.00151. The van der Waals surface area contributed by atoms with E-state index in [1.54, 1.807) is 0 Å². The van der Waals surface area contributed by atoms with Crippen molar-refractivity contribution in [2.75, 3.05) is 0 Å². The van der Waals surface area contributed by atoms with Gasteiger partial charge in [-0.1, -0.05) is 53.7 Å². The largest absolute Gasteiger partial charge is 0.457 e. The topological polar surface area (TPSA) is 65.2 Å². The van der Waals surface area contributed by atoms with Gasteiger partial charge in [-0.25, -0.2) is 0 Å². The Morgan fingerprint density at radius 1 is 1.08 bits per heavy atom. The summed E-state index contributed by atoms with van der Waals surface area (Å²) >= 11 is 1.51. The molecule has 0 aliphatic heterocycles. The number of aromatic nitrogens is 2. The minimum atomic E-state index is -0.321. The number of esters is 1. The zero-order valence-electron chi connectivity index (χ0n) is 13.2. The predicted octanol–water partition coefficient (Wildman–Crippen LogP) is 4.24. The van der Waals surface area contributed by atoms with Crippen LogP contribution >= 0.6 is 11.3 Å².